The quantitative estimate of drug-likeness (QED) is 0.705. The number of nitrogens with one attached hydrogen (secondary N) is 1. The molecule has 5 nitrogen and oxygen atoms in total. The van der Waals surface area contributed by atoms with Crippen molar-refractivity contribution < 1.29 is 4.79 Å². The van der Waals surface area contributed by atoms with Gasteiger partial charge in [0.1, 0.15) is 11.5 Å². The summed E-state index contributed by atoms with van der Waals surface area (Å²) in [7, 11) is 0. The van der Waals surface area contributed by atoms with Crippen LogP contribution < -0.4 is 0 Å². The Morgan fingerprint density at radius 1 is 1.21 bits per heavy atom. The predicted octanol–water partition coefficient (Wildman–Crippen LogP) is 4.89. The molecule has 1 aromatic carbocycles. The van der Waals surface area contributed by atoms with Crippen LogP contribution in [0, 0.1) is 20.8 Å². The fraction of sp³-hybridized carbons (Fsp3) is 0.478. The minimum atomic E-state index is 0.111. The summed E-state index contributed by atoms with van der Waals surface area (Å²) in [5.74, 6) is 1.51. The Kier molecular flexibility index (Phi) is 4.77. The van der Waals surface area contributed by atoms with Crippen LogP contribution in [0.2, 0.25) is 0 Å². The van der Waals surface area contributed by atoms with Crippen LogP contribution in [0.3, 0.4) is 0 Å². The number of carbonyl (C=O) groups is 1. The van der Waals surface area contributed by atoms with Gasteiger partial charge in [0.15, 0.2) is 0 Å². The van der Waals surface area contributed by atoms with Gasteiger partial charge < -0.3 is 14.5 Å². The van der Waals surface area contributed by atoms with Gasteiger partial charge in [0.25, 0.3) is 5.91 Å². The number of aromatic nitrogens is 3. The van der Waals surface area contributed by atoms with Gasteiger partial charge in [0, 0.05) is 48.3 Å². The summed E-state index contributed by atoms with van der Waals surface area (Å²) in [6.07, 6.45) is 6.02. The third-order valence-electron chi connectivity index (χ3n) is 6.16. The van der Waals surface area contributed by atoms with Gasteiger partial charge in [0.2, 0.25) is 0 Å². The van der Waals surface area contributed by atoms with Crippen LogP contribution in [0.25, 0.3) is 10.9 Å². The molecule has 0 radical (unpaired) electrons. The van der Waals surface area contributed by atoms with E-state index < -0.39 is 0 Å². The fourth-order valence-corrected chi connectivity index (χ4v) is 4.62. The minimum Gasteiger partial charge on any atom is -0.350 e. The largest absolute Gasteiger partial charge is 0.350 e. The van der Waals surface area contributed by atoms with Crippen molar-refractivity contribution >= 4 is 16.8 Å². The maximum absolute atomic E-state index is 13.4. The molecule has 1 atom stereocenters. The Bertz CT molecular complexity index is 1030. The van der Waals surface area contributed by atoms with Crippen molar-refractivity contribution in [3.63, 3.8) is 0 Å². The number of H-pyrrole nitrogens is 1. The topological polar surface area (TPSA) is 53.9 Å². The molecule has 1 N–H and O–H groups in total. The van der Waals surface area contributed by atoms with Crippen molar-refractivity contribution in [1.29, 1.82) is 0 Å². The van der Waals surface area contributed by atoms with E-state index in [0.717, 1.165) is 48.5 Å². The zero-order chi connectivity index (χ0) is 20.0. The maximum atomic E-state index is 13.4. The second-order valence-corrected chi connectivity index (χ2v) is 8.45. The first-order chi connectivity index (χ1) is 13.4. The van der Waals surface area contributed by atoms with Gasteiger partial charge in [-0.1, -0.05) is 12.1 Å². The van der Waals surface area contributed by atoms with Crippen molar-refractivity contribution in [2.75, 3.05) is 13.1 Å². The van der Waals surface area contributed by atoms with Crippen LogP contribution in [0.5, 0.6) is 0 Å². The predicted molar refractivity (Wildman–Crippen MR) is 113 cm³/mol. The Morgan fingerprint density at radius 3 is 2.68 bits per heavy atom. The summed E-state index contributed by atoms with van der Waals surface area (Å²) in [5.41, 5.74) is 5.28. The highest BCUT2D eigenvalue weighted by Crippen LogP contribution is 2.31. The van der Waals surface area contributed by atoms with Crippen molar-refractivity contribution in [2.45, 2.75) is 59.4 Å². The first-order valence-electron chi connectivity index (χ1n) is 10.3. The third kappa shape index (κ3) is 3.03. The summed E-state index contributed by atoms with van der Waals surface area (Å²) >= 11 is 0. The molecule has 1 amide bonds. The van der Waals surface area contributed by atoms with E-state index in [2.05, 4.69) is 61.3 Å². The second-order valence-electron chi connectivity index (χ2n) is 8.45. The van der Waals surface area contributed by atoms with Crippen LogP contribution in [-0.2, 0) is 0 Å². The molecule has 3 heterocycles. The summed E-state index contributed by atoms with van der Waals surface area (Å²) in [4.78, 5) is 23.5. The van der Waals surface area contributed by atoms with Gasteiger partial charge in [-0.3, -0.25) is 4.79 Å². The number of benzene rings is 1. The number of carbonyl (C=O) groups excluding carboxylic acids is 1. The monoisotopic (exact) mass is 378 g/mol. The molecule has 1 saturated heterocycles. The Balaban J connectivity index is 1.64. The molecular formula is C23H30N4O. The SMILES string of the molecule is Cc1ccc(C)c2c(C)c(C(=O)N3CCCC(c4nccn4C(C)C)C3)[nH]c12. The molecule has 1 aliphatic heterocycles. The number of amides is 1. The number of rotatable bonds is 3. The summed E-state index contributed by atoms with van der Waals surface area (Å²) < 4.78 is 2.24. The number of nitrogens with zero attached hydrogens (tertiary/aromatic N) is 3. The molecule has 28 heavy (non-hydrogen) atoms. The normalized spacial score (nSPS) is 17.6. The highest BCUT2D eigenvalue weighted by Gasteiger charge is 2.30. The first kappa shape index (κ1) is 18.8. The molecule has 3 aromatic rings. The molecule has 5 heteroatoms. The summed E-state index contributed by atoms with van der Waals surface area (Å²) in [5, 5.41) is 1.19. The van der Waals surface area contributed by atoms with Crippen LogP contribution >= 0.6 is 0 Å². The summed E-state index contributed by atoms with van der Waals surface area (Å²) in [6.45, 7) is 12.2. The number of aromatic amines is 1. The third-order valence-corrected chi connectivity index (χ3v) is 6.16. The zero-order valence-electron chi connectivity index (χ0n) is 17.5. The van der Waals surface area contributed by atoms with E-state index >= 15 is 0 Å². The second kappa shape index (κ2) is 7.12. The van der Waals surface area contributed by atoms with Gasteiger partial charge in [0.05, 0.1) is 0 Å². The maximum Gasteiger partial charge on any atom is 0.270 e. The molecule has 4 rings (SSSR count). The van der Waals surface area contributed by atoms with E-state index in [1.807, 2.05) is 17.3 Å². The molecule has 1 aliphatic rings. The van der Waals surface area contributed by atoms with E-state index in [0.29, 0.717) is 12.0 Å². The molecule has 0 spiro atoms. The smallest absolute Gasteiger partial charge is 0.270 e. The average Bonchev–Trinajstić information content (AvgIpc) is 3.30. The van der Waals surface area contributed by atoms with Gasteiger partial charge in [-0.15, -0.1) is 0 Å². The van der Waals surface area contributed by atoms with Crippen LogP contribution in [0.15, 0.2) is 24.5 Å². The molecule has 148 valence electrons. The first-order valence-corrected chi connectivity index (χ1v) is 10.3. The highest BCUT2D eigenvalue weighted by molar-refractivity contribution is 6.02. The van der Waals surface area contributed by atoms with Gasteiger partial charge in [-0.2, -0.15) is 0 Å². The van der Waals surface area contributed by atoms with Crippen molar-refractivity contribution in [1.82, 2.24) is 19.4 Å². The van der Waals surface area contributed by atoms with Gasteiger partial charge in [-0.05, 0) is 64.2 Å². The fourth-order valence-electron chi connectivity index (χ4n) is 4.62. The number of piperidine rings is 1. The van der Waals surface area contributed by atoms with Crippen LogP contribution in [0.4, 0.5) is 0 Å². The Morgan fingerprint density at radius 2 is 1.96 bits per heavy atom. The standard InChI is InChI=1S/C23H30N4O/c1-14(2)27-12-10-24-22(27)18-7-6-11-26(13-18)23(28)21-17(5)19-15(3)8-9-16(4)20(19)25-21/h8-10,12,14,18,25H,6-7,11,13H2,1-5H3. The minimum absolute atomic E-state index is 0.111. The van der Waals surface area contributed by atoms with E-state index in [-0.39, 0.29) is 5.91 Å². The number of fused-ring (bicyclic) bond motifs is 1. The van der Waals surface area contributed by atoms with Gasteiger partial charge in [-0.25, -0.2) is 4.98 Å². The number of imidazole rings is 1. The lowest BCUT2D eigenvalue weighted by Crippen LogP contribution is -2.40. The molecule has 2 aromatic heterocycles. The molecule has 1 unspecified atom stereocenters. The number of likely N-dealkylation sites (tertiary alicyclic amines) is 1. The number of hydrogen-bond acceptors (Lipinski definition) is 2. The van der Waals surface area contributed by atoms with Crippen molar-refractivity contribution in [3.8, 4) is 0 Å². The molecule has 0 bridgehead atoms. The molecule has 1 fully saturated rings. The van der Waals surface area contributed by atoms with Gasteiger partial charge >= 0.3 is 0 Å². The van der Waals surface area contributed by atoms with E-state index in [1.54, 1.807) is 0 Å². The lowest BCUT2D eigenvalue weighted by Gasteiger charge is -2.33. The number of aryl methyl sites for hydroxylation is 3. The highest BCUT2D eigenvalue weighted by atomic mass is 16.2. The molecule has 0 aliphatic carbocycles. The Hall–Kier alpha value is -2.56. The zero-order valence-corrected chi connectivity index (χ0v) is 17.5. The Labute approximate surface area is 166 Å². The van der Waals surface area contributed by atoms with E-state index in [4.69, 9.17) is 0 Å². The van der Waals surface area contributed by atoms with Crippen LogP contribution in [-0.4, -0.2) is 38.4 Å². The lowest BCUT2D eigenvalue weighted by atomic mass is 9.96. The van der Waals surface area contributed by atoms with E-state index in [1.165, 1.54) is 16.5 Å². The summed E-state index contributed by atoms with van der Waals surface area (Å²) in [6, 6.07) is 4.63. The number of hydrogen-bond donors (Lipinski definition) is 1. The van der Waals surface area contributed by atoms with E-state index in [9.17, 15) is 4.79 Å². The molecule has 0 saturated carbocycles. The van der Waals surface area contributed by atoms with Crippen LogP contribution in [0.1, 0.15) is 71.7 Å². The van der Waals surface area contributed by atoms with Crippen molar-refractivity contribution in [2.24, 2.45) is 0 Å². The average molecular weight is 379 g/mol. The molecular weight excluding hydrogens is 348 g/mol. The lowest BCUT2D eigenvalue weighted by molar-refractivity contribution is 0.0697. The van der Waals surface area contributed by atoms with Crippen molar-refractivity contribution in [3.05, 3.63) is 52.7 Å².